The molecule has 6 heteroatoms. The molecule has 1 aliphatic heterocycles. The summed E-state index contributed by atoms with van der Waals surface area (Å²) < 4.78 is 0. The van der Waals surface area contributed by atoms with Crippen LogP contribution < -0.4 is 10.2 Å². The number of rotatable bonds is 7. The third kappa shape index (κ3) is 4.62. The van der Waals surface area contributed by atoms with Crippen LogP contribution in [0.5, 0.6) is 0 Å². The highest BCUT2D eigenvalue weighted by molar-refractivity contribution is 5.49. The van der Waals surface area contributed by atoms with Crippen LogP contribution in [0.2, 0.25) is 0 Å². The fourth-order valence-electron chi connectivity index (χ4n) is 3.64. The number of allylic oxidation sites excluding steroid dienone is 2. The predicted octanol–water partition coefficient (Wildman–Crippen LogP) is 2.06. The first-order valence-electron chi connectivity index (χ1n) is 9.86. The Morgan fingerprint density at radius 2 is 2.00 bits per heavy atom. The maximum absolute atomic E-state index is 10.3. The maximum atomic E-state index is 10.3. The Kier molecular flexibility index (Phi) is 5.51. The van der Waals surface area contributed by atoms with E-state index in [1.165, 1.54) is 19.4 Å². The van der Waals surface area contributed by atoms with Crippen molar-refractivity contribution in [3.63, 3.8) is 0 Å². The Hall–Kier alpha value is -1.92. The fourth-order valence-corrected chi connectivity index (χ4v) is 3.64. The number of hydrogen-bond acceptors (Lipinski definition) is 6. The minimum Gasteiger partial charge on any atom is -0.387 e. The molecule has 1 aromatic heterocycles. The van der Waals surface area contributed by atoms with E-state index in [4.69, 9.17) is 0 Å². The van der Waals surface area contributed by atoms with Gasteiger partial charge in [-0.15, -0.1) is 0 Å². The molecule has 0 aromatic carbocycles. The number of hydrogen-bond donors (Lipinski definition) is 2. The van der Waals surface area contributed by atoms with Crippen molar-refractivity contribution >= 4 is 11.6 Å². The highest BCUT2D eigenvalue weighted by Crippen LogP contribution is 2.30. The highest BCUT2D eigenvalue weighted by Gasteiger charge is 2.26. The van der Waals surface area contributed by atoms with Crippen LogP contribution in [0.4, 0.5) is 11.6 Å². The lowest BCUT2D eigenvalue weighted by molar-refractivity contribution is 0.227. The smallest absolute Gasteiger partial charge is 0.134 e. The zero-order valence-corrected chi connectivity index (χ0v) is 15.3. The van der Waals surface area contributed by atoms with Gasteiger partial charge in [0.25, 0.3) is 0 Å². The SMILES string of the molecule is OC(CNc1cc(N2CCN(CC3CC3)CC2)ncn1)C1=CCCC=C1. The summed E-state index contributed by atoms with van der Waals surface area (Å²) in [4.78, 5) is 13.7. The first-order valence-corrected chi connectivity index (χ1v) is 9.86. The molecule has 0 amide bonds. The summed E-state index contributed by atoms with van der Waals surface area (Å²) in [5, 5.41) is 13.6. The molecule has 6 nitrogen and oxygen atoms in total. The molecular formula is C20H29N5O. The first-order chi connectivity index (χ1) is 12.8. The Balaban J connectivity index is 1.29. The number of nitrogens with one attached hydrogen (secondary N) is 1. The van der Waals surface area contributed by atoms with Gasteiger partial charge in [-0.2, -0.15) is 0 Å². The number of aromatic nitrogens is 2. The van der Waals surface area contributed by atoms with E-state index in [1.807, 2.05) is 12.1 Å². The lowest BCUT2D eigenvalue weighted by atomic mass is 10.0. The zero-order valence-electron chi connectivity index (χ0n) is 15.3. The molecule has 1 aromatic rings. The highest BCUT2D eigenvalue weighted by atomic mass is 16.3. The van der Waals surface area contributed by atoms with Crippen molar-refractivity contribution in [3.8, 4) is 0 Å². The summed E-state index contributed by atoms with van der Waals surface area (Å²) in [6, 6.07) is 1.99. The van der Waals surface area contributed by atoms with Gasteiger partial charge in [-0.05, 0) is 37.2 Å². The fraction of sp³-hybridized carbons (Fsp3) is 0.600. The standard InChI is InChI=1S/C20H29N5O/c26-18(17-4-2-1-3-5-17)13-21-19-12-20(23-15-22-19)25-10-8-24(9-11-25)14-16-6-7-16/h2,4-5,12,15-16,18,26H,1,3,6-11,13-14H2,(H,21,22,23). The monoisotopic (exact) mass is 355 g/mol. The molecule has 0 radical (unpaired) electrons. The summed E-state index contributed by atoms with van der Waals surface area (Å²) in [7, 11) is 0. The molecule has 1 saturated heterocycles. The topological polar surface area (TPSA) is 64.5 Å². The second-order valence-corrected chi connectivity index (χ2v) is 7.57. The van der Waals surface area contributed by atoms with E-state index in [0.717, 1.165) is 62.1 Å². The van der Waals surface area contributed by atoms with E-state index in [9.17, 15) is 5.11 Å². The number of nitrogens with zero attached hydrogens (tertiary/aromatic N) is 4. The van der Waals surface area contributed by atoms with Gasteiger partial charge in [-0.1, -0.05) is 18.2 Å². The van der Waals surface area contributed by atoms with Gasteiger partial charge < -0.3 is 15.3 Å². The van der Waals surface area contributed by atoms with Crippen LogP contribution in [0.3, 0.4) is 0 Å². The van der Waals surface area contributed by atoms with E-state index in [0.29, 0.717) is 6.54 Å². The molecule has 0 spiro atoms. The Morgan fingerprint density at radius 1 is 1.15 bits per heavy atom. The van der Waals surface area contributed by atoms with Crippen LogP contribution in [0.1, 0.15) is 25.7 Å². The lowest BCUT2D eigenvalue weighted by Crippen LogP contribution is -2.47. The average Bonchev–Trinajstić information content (AvgIpc) is 3.52. The summed E-state index contributed by atoms with van der Waals surface area (Å²) >= 11 is 0. The van der Waals surface area contributed by atoms with Gasteiger partial charge in [0, 0.05) is 45.3 Å². The molecule has 1 atom stereocenters. The van der Waals surface area contributed by atoms with Gasteiger partial charge in [0.05, 0.1) is 6.10 Å². The van der Waals surface area contributed by atoms with E-state index >= 15 is 0 Å². The van der Waals surface area contributed by atoms with Gasteiger partial charge in [-0.3, -0.25) is 4.90 Å². The summed E-state index contributed by atoms with van der Waals surface area (Å²) in [5.41, 5.74) is 0.991. The molecule has 26 heavy (non-hydrogen) atoms. The van der Waals surface area contributed by atoms with Crippen LogP contribution >= 0.6 is 0 Å². The molecule has 0 bridgehead atoms. The summed E-state index contributed by atoms with van der Waals surface area (Å²) in [6.45, 7) is 5.99. The van der Waals surface area contributed by atoms with Crippen LogP contribution in [0.25, 0.3) is 0 Å². The van der Waals surface area contributed by atoms with Crippen molar-refractivity contribution in [2.45, 2.75) is 31.8 Å². The molecule has 1 saturated carbocycles. The van der Waals surface area contributed by atoms with Crippen LogP contribution in [0, 0.1) is 5.92 Å². The Morgan fingerprint density at radius 3 is 2.73 bits per heavy atom. The predicted molar refractivity (Wildman–Crippen MR) is 104 cm³/mol. The average molecular weight is 355 g/mol. The molecule has 1 unspecified atom stereocenters. The molecule has 140 valence electrons. The van der Waals surface area contributed by atoms with Crippen molar-refractivity contribution in [3.05, 3.63) is 36.2 Å². The maximum Gasteiger partial charge on any atom is 0.134 e. The first kappa shape index (κ1) is 17.5. The minimum absolute atomic E-state index is 0.460. The zero-order chi connectivity index (χ0) is 17.8. The van der Waals surface area contributed by atoms with Gasteiger partial charge in [0.1, 0.15) is 18.0 Å². The second-order valence-electron chi connectivity index (χ2n) is 7.57. The number of piperazine rings is 1. The van der Waals surface area contributed by atoms with Crippen molar-refractivity contribution < 1.29 is 5.11 Å². The second kappa shape index (κ2) is 8.18. The number of anilines is 2. The molecule has 2 heterocycles. The molecule has 2 N–H and O–H groups in total. The van der Waals surface area contributed by atoms with Crippen LogP contribution in [0.15, 0.2) is 36.2 Å². The quantitative estimate of drug-likeness (QED) is 0.781. The lowest BCUT2D eigenvalue weighted by Gasteiger charge is -2.35. The summed E-state index contributed by atoms with van der Waals surface area (Å²) in [5.74, 6) is 2.70. The Labute approximate surface area is 155 Å². The number of aliphatic hydroxyl groups is 1. The largest absolute Gasteiger partial charge is 0.387 e. The molecule has 4 rings (SSSR count). The molecule has 2 aliphatic carbocycles. The van der Waals surface area contributed by atoms with E-state index in [2.05, 4.69) is 37.2 Å². The van der Waals surface area contributed by atoms with Crippen molar-refractivity contribution in [2.24, 2.45) is 5.92 Å². The van der Waals surface area contributed by atoms with Gasteiger partial charge in [0.2, 0.25) is 0 Å². The normalized spacial score (nSPS) is 22.2. The summed E-state index contributed by atoms with van der Waals surface area (Å²) in [6.07, 6.45) is 12.3. The van der Waals surface area contributed by atoms with Crippen molar-refractivity contribution in [2.75, 3.05) is 49.5 Å². The van der Waals surface area contributed by atoms with E-state index in [-0.39, 0.29) is 0 Å². The van der Waals surface area contributed by atoms with Crippen molar-refractivity contribution in [1.29, 1.82) is 0 Å². The number of aliphatic hydroxyl groups excluding tert-OH is 1. The van der Waals surface area contributed by atoms with Crippen molar-refractivity contribution in [1.82, 2.24) is 14.9 Å². The van der Waals surface area contributed by atoms with Gasteiger partial charge in [-0.25, -0.2) is 9.97 Å². The molecular weight excluding hydrogens is 326 g/mol. The van der Waals surface area contributed by atoms with E-state index in [1.54, 1.807) is 6.33 Å². The molecule has 3 aliphatic rings. The van der Waals surface area contributed by atoms with Crippen LogP contribution in [-0.4, -0.2) is 65.3 Å². The van der Waals surface area contributed by atoms with Gasteiger partial charge in [0.15, 0.2) is 0 Å². The third-order valence-corrected chi connectivity index (χ3v) is 5.45. The minimum atomic E-state index is -0.504. The van der Waals surface area contributed by atoms with Gasteiger partial charge >= 0.3 is 0 Å². The Bertz CT molecular complexity index is 662. The molecule has 2 fully saturated rings. The van der Waals surface area contributed by atoms with Crippen LogP contribution in [-0.2, 0) is 0 Å². The van der Waals surface area contributed by atoms with E-state index < -0.39 is 6.10 Å². The third-order valence-electron chi connectivity index (χ3n) is 5.45.